The number of carbonyl (C=O) groups excluding carboxylic acids is 1. The molecule has 0 saturated heterocycles. The molecule has 0 bridgehead atoms. The van der Waals surface area contributed by atoms with E-state index >= 15 is 0 Å². The smallest absolute Gasteiger partial charge is 0.232 e. The first-order chi connectivity index (χ1) is 9.21. The molecule has 1 aromatic rings. The average molecular weight is 283 g/mol. The van der Waals surface area contributed by atoms with Crippen molar-refractivity contribution in [2.24, 2.45) is 0 Å². The largest absolute Gasteiger partial charge is 0.497 e. The van der Waals surface area contributed by atoms with Crippen molar-refractivity contribution in [1.29, 1.82) is 0 Å². The van der Waals surface area contributed by atoms with Gasteiger partial charge in [0.25, 0.3) is 0 Å². The summed E-state index contributed by atoms with van der Waals surface area (Å²) in [4.78, 5) is 14.8. The highest BCUT2D eigenvalue weighted by Gasteiger charge is 2.11. The molecule has 5 heteroatoms. The van der Waals surface area contributed by atoms with Crippen LogP contribution < -0.4 is 4.74 Å². The number of hydrogen-bond acceptors (Lipinski definition) is 4. The Morgan fingerprint density at radius 2 is 2.05 bits per heavy atom. The number of ether oxygens (including phenoxy) is 1. The molecule has 1 rings (SSSR count). The Labute approximate surface area is 118 Å². The zero-order valence-corrected chi connectivity index (χ0v) is 12.3. The first-order valence-corrected chi connectivity index (χ1v) is 7.35. The van der Waals surface area contributed by atoms with E-state index in [4.69, 9.17) is 9.84 Å². The minimum atomic E-state index is 0.108. The number of aliphatic hydroxyl groups excluding tert-OH is 1. The third kappa shape index (κ3) is 5.53. The predicted octanol–water partition coefficient (Wildman–Crippen LogP) is 2.02. The second kappa shape index (κ2) is 8.82. The van der Waals surface area contributed by atoms with Gasteiger partial charge >= 0.3 is 0 Å². The lowest BCUT2D eigenvalue weighted by Gasteiger charge is -2.20. The first-order valence-electron chi connectivity index (χ1n) is 6.36. The van der Waals surface area contributed by atoms with Crippen molar-refractivity contribution in [2.75, 3.05) is 32.6 Å². The molecule has 0 radical (unpaired) electrons. The lowest BCUT2D eigenvalue weighted by Crippen LogP contribution is -2.33. The van der Waals surface area contributed by atoms with Crippen LogP contribution >= 0.6 is 11.8 Å². The Bertz CT molecular complexity index is 381. The molecular formula is C14H21NO3S. The molecule has 0 aliphatic carbocycles. The highest BCUT2D eigenvalue weighted by Crippen LogP contribution is 2.21. The maximum atomic E-state index is 12.0. The van der Waals surface area contributed by atoms with Crippen LogP contribution in [0.3, 0.4) is 0 Å². The second-order valence-electron chi connectivity index (χ2n) is 4.01. The quantitative estimate of drug-likeness (QED) is 0.742. The fraction of sp³-hybridized carbons (Fsp3) is 0.500. The lowest BCUT2D eigenvalue weighted by molar-refractivity contribution is -0.128. The van der Waals surface area contributed by atoms with Gasteiger partial charge in [-0.05, 0) is 37.6 Å². The summed E-state index contributed by atoms with van der Waals surface area (Å²) in [6.07, 6.45) is 0.632. The van der Waals surface area contributed by atoms with Gasteiger partial charge in [0, 0.05) is 24.6 Å². The molecule has 0 aliphatic heterocycles. The Kier molecular flexibility index (Phi) is 7.36. The predicted molar refractivity (Wildman–Crippen MR) is 77.7 cm³/mol. The molecule has 0 unspecified atom stereocenters. The summed E-state index contributed by atoms with van der Waals surface area (Å²) in [6.45, 7) is 3.37. The Morgan fingerprint density at radius 3 is 2.58 bits per heavy atom. The van der Waals surface area contributed by atoms with Crippen LogP contribution in [0.2, 0.25) is 0 Å². The summed E-state index contributed by atoms with van der Waals surface area (Å²) >= 11 is 1.52. The van der Waals surface area contributed by atoms with Crippen LogP contribution in [0.25, 0.3) is 0 Å². The maximum absolute atomic E-state index is 12.0. The highest BCUT2D eigenvalue weighted by molar-refractivity contribution is 8.00. The van der Waals surface area contributed by atoms with E-state index in [1.54, 1.807) is 12.0 Å². The molecule has 0 aromatic heterocycles. The van der Waals surface area contributed by atoms with Crippen molar-refractivity contribution in [3.8, 4) is 5.75 Å². The van der Waals surface area contributed by atoms with Crippen molar-refractivity contribution >= 4 is 17.7 Å². The van der Waals surface area contributed by atoms with Gasteiger partial charge in [-0.15, -0.1) is 11.8 Å². The monoisotopic (exact) mass is 283 g/mol. The fourth-order valence-corrected chi connectivity index (χ4v) is 2.43. The summed E-state index contributed by atoms with van der Waals surface area (Å²) in [5.41, 5.74) is 0. The fourth-order valence-electron chi connectivity index (χ4n) is 1.63. The standard InChI is InChI=1S/C14H21NO3S/c1-3-15(9-4-10-16)14(17)11-19-13-7-5-12(18-2)6-8-13/h5-8,16H,3-4,9-11H2,1-2H3. The van der Waals surface area contributed by atoms with Crippen molar-refractivity contribution < 1.29 is 14.6 Å². The topological polar surface area (TPSA) is 49.8 Å². The normalized spacial score (nSPS) is 10.3. The number of thioether (sulfide) groups is 1. The van der Waals surface area contributed by atoms with Crippen LogP contribution in [0.4, 0.5) is 0 Å². The summed E-state index contributed by atoms with van der Waals surface area (Å²) in [5, 5.41) is 8.79. The average Bonchev–Trinajstić information content (AvgIpc) is 2.46. The molecule has 0 aliphatic rings. The van der Waals surface area contributed by atoms with Gasteiger partial charge < -0.3 is 14.7 Å². The van der Waals surface area contributed by atoms with Crippen LogP contribution in [0.5, 0.6) is 5.75 Å². The van der Waals surface area contributed by atoms with E-state index in [1.165, 1.54) is 11.8 Å². The molecule has 0 fully saturated rings. The zero-order valence-electron chi connectivity index (χ0n) is 11.5. The molecule has 1 aromatic carbocycles. The van der Waals surface area contributed by atoms with Gasteiger partial charge in [0.15, 0.2) is 0 Å². The number of rotatable bonds is 8. The minimum Gasteiger partial charge on any atom is -0.497 e. The number of methoxy groups -OCH3 is 1. The van der Waals surface area contributed by atoms with Gasteiger partial charge in [0.1, 0.15) is 5.75 Å². The Balaban J connectivity index is 2.43. The molecule has 0 spiro atoms. The van der Waals surface area contributed by atoms with Gasteiger partial charge in [-0.2, -0.15) is 0 Å². The van der Waals surface area contributed by atoms with Crippen molar-refractivity contribution in [2.45, 2.75) is 18.2 Å². The van der Waals surface area contributed by atoms with Gasteiger partial charge in [-0.25, -0.2) is 0 Å². The maximum Gasteiger partial charge on any atom is 0.232 e. The molecule has 0 heterocycles. The number of carbonyl (C=O) groups is 1. The third-order valence-corrected chi connectivity index (χ3v) is 3.74. The van der Waals surface area contributed by atoms with Crippen molar-refractivity contribution in [1.82, 2.24) is 4.90 Å². The molecule has 0 atom stereocenters. The lowest BCUT2D eigenvalue weighted by atomic mass is 10.3. The van der Waals surface area contributed by atoms with Gasteiger partial charge in [-0.1, -0.05) is 0 Å². The van der Waals surface area contributed by atoms with E-state index < -0.39 is 0 Å². The highest BCUT2D eigenvalue weighted by atomic mass is 32.2. The summed E-state index contributed by atoms with van der Waals surface area (Å²) in [7, 11) is 1.63. The van der Waals surface area contributed by atoms with E-state index in [9.17, 15) is 4.79 Å². The first kappa shape index (κ1) is 15.9. The molecule has 4 nitrogen and oxygen atoms in total. The zero-order chi connectivity index (χ0) is 14.1. The number of nitrogens with zero attached hydrogens (tertiary/aromatic N) is 1. The summed E-state index contributed by atoms with van der Waals surface area (Å²) < 4.78 is 5.09. The SMILES string of the molecule is CCN(CCCO)C(=O)CSc1ccc(OC)cc1. The van der Waals surface area contributed by atoms with Crippen LogP contribution in [-0.2, 0) is 4.79 Å². The second-order valence-corrected chi connectivity index (χ2v) is 5.06. The number of benzene rings is 1. The number of hydrogen-bond donors (Lipinski definition) is 1. The molecule has 0 saturated carbocycles. The van der Waals surface area contributed by atoms with E-state index in [2.05, 4.69) is 0 Å². The van der Waals surface area contributed by atoms with E-state index in [0.717, 1.165) is 10.6 Å². The van der Waals surface area contributed by atoms with Crippen LogP contribution in [0.1, 0.15) is 13.3 Å². The van der Waals surface area contributed by atoms with E-state index in [0.29, 0.717) is 25.3 Å². The van der Waals surface area contributed by atoms with Crippen LogP contribution in [-0.4, -0.2) is 48.5 Å². The summed E-state index contributed by atoms with van der Waals surface area (Å²) in [5.74, 6) is 1.34. The molecule has 106 valence electrons. The van der Waals surface area contributed by atoms with Gasteiger partial charge in [0.05, 0.1) is 12.9 Å². The molecular weight excluding hydrogens is 262 g/mol. The number of amides is 1. The summed E-state index contributed by atoms with van der Waals surface area (Å²) in [6, 6.07) is 7.66. The van der Waals surface area contributed by atoms with Crippen molar-refractivity contribution in [3.05, 3.63) is 24.3 Å². The number of aliphatic hydroxyl groups is 1. The molecule has 1 amide bonds. The van der Waals surface area contributed by atoms with E-state index in [1.807, 2.05) is 31.2 Å². The molecule has 19 heavy (non-hydrogen) atoms. The van der Waals surface area contributed by atoms with Gasteiger partial charge in [0.2, 0.25) is 5.91 Å². The minimum absolute atomic E-state index is 0.108. The van der Waals surface area contributed by atoms with Crippen molar-refractivity contribution in [3.63, 3.8) is 0 Å². The van der Waals surface area contributed by atoms with Crippen LogP contribution in [0, 0.1) is 0 Å². The van der Waals surface area contributed by atoms with Gasteiger partial charge in [-0.3, -0.25) is 4.79 Å². The molecule has 1 N–H and O–H groups in total. The van der Waals surface area contributed by atoms with E-state index in [-0.39, 0.29) is 12.5 Å². The van der Waals surface area contributed by atoms with Crippen LogP contribution in [0.15, 0.2) is 29.2 Å². The Morgan fingerprint density at radius 1 is 1.37 bits per heavy atom. The Hall–Kier alpha value is -1.20. The third-order valence-electron chi connectivity index (χ3n) is 2.74.